The van der Waals surface area contributed by atoms with E-state index in [-0.39, 0.29) is 0 Å². The average Bonchev–Trinajstić information content (AvgIpc) is 2.31. The predicted octanol–water partition coefficient (Wildman–Crippen LogP) is 3.84. The Labute approximate surface area is 104 Å². The maximum Gasteiger partial charge on any atom is 0.119 e. The van der Waals surface area contributed by atoms with E-state index in [1.807, 2.05) is 19.1 Å². The monoisotopic (exact) mass is 231 g/mol. The molecule has 0 N–H and O–H groups in total. The van der Waals surface area contributed by atoms with Gasteiger partial charge in [-0.25, -0.2) is 0 Å². The number of ether oxygens (including phenoxy) is 1. The molecule has 0 saturated carbocycles. The fourth-order valence-electron chi connectivity index (χ4n) is 1.97. The van der Waals surface area contributed by atoms with Crippen molar-refractivity contribution < 1.29 is 4.74 Å². The highest BCUT2D eigenvalue weighted by molar-refractivity contribution is 5.52. The van der Waals surface area contributed by atoms with E-state index >= 15 is 0 Å². The normalized spacial score (nSPS) is 18.2. The fraction of sp³-hybridized carbons (Fsp3) is 0.467. The summed E-state index contributed by atoms with van der Waals surface area (Å²) in [5.74, 6) is 0.942. The number of benzene rings is 1. The van der Waals surface area contributed by atoms with Crippen molar-refractivity contribution in [3.05, 3.63) is 36.5 Å². The molecule has 2 rings (SSSR count). The van der Waals surface area contributed by atoms with Crippen molar-refractivity contribution in [3.63, 3.8) is 0 Å². The van der Waals surface area contributed by atoms with Crippen LogP contribution in [0.25, 0.3) is 0 Å². The van der Waals surface area contributed by atoms with Crippen LogP contribution < -0.4 is 9.64 Å². The smallest absolute Gasteiger partial charge is 0.119 e. The zero-order valence-electron chi connectivity index (χ0n) is 10.9. The molecule has 1 aliphatic rings. The van der Waals surface area contributed by atoms with Crippen LogP contribution >= 0.6 is 0 Å². The van der Waals surface area contributed by atoms with E-state index in [9.17, 15) is 0 Å². The molecule has 0 aromatic heterocycles. The lowest BCUT2D eigenvalue weighted by molar-refractivity contribution is 0.340. The van der Waals surface area contributed by atoms with Crippen LogP contribution in [0.15, 0.2) is 36.5 Å². The lowest BCUT2D eigenvalue weighted by atomic mass is 9.87. The van der Waals surface area contributed by atoms with Gasteiger partial charge in [-0.3, -0.25) is 0 Å². The van der Waals surface area contributed by atoms with E-state index in [4.69, 9.17) is 4.74 Å². The van der Waals surface area contributed by atoms with Crippen LogP contribution in [0.4, 0.5) is 5.69 Å². The molecule has 0 aliphatic carbocycles. The Morgan fingerprint density at radius 1 is 1.24 bits per heavy atom. The fourth-order valence-corrected chi connectivity index (χ4v) is 1.97. The zero-order valence-corrected chi connectivity index (χ0v) is 10.9. The average molecular weight is 231 g/mol. The summed E-state index contributed by atoms with van der Waals surface area (Å²) in [5, 5.41) is 0. The first-order chi connectivity index (χ1) is 8.11. The Hall–Kier alpha value is -1.44. The number of allylic oxidation sites excluding steroid dienone is 1. The van der Waals surface area contributed by atoms with Crippen molar-refractivity contribution in [3.8, 4) is 5.75 Å². The van der Waals surface area contributed by atoms with Crippen molar-refractivity contribution in [1.82, 2.24) is 0 Å². The first-order valence-corrected chi connectivity index (χ1v) is 6.29. The highest BCUT2D eigenvalue weighted by Crippen LogP contribution is 2.30. The molecule has 0 atom stereocenters. The summed E-state index contributed by atoms with van der Waals surface area (Å²) in [7, 11) is 0. The minimum absolute atomic E-state index is 0.335. The van der Waals surface area contributed by atoms with Gasteiger partial charge in [-0.15, -0.1) is 0 Å². The third kappa shape index (κ3) is 3.02. The molecule has 0 spiro atoms. The van der Waals surface area contributed by atoms with Gasteiger partial charge < -0.3 is 9.64 Å². The summed E-state index contributed by atoms with van der Waals surface area (Å²) < 4.78 is 5.44. The highest BCUT2D eigenvalue weighted by Gasteiger charge is 2.20. The van der Waals surface area contributed by atoms with Crippen LogP contribution in [0.3, 0.4) is 0 Å². The molecule has 2 heteroatoms. The largest absolute Gasteiger partial charge is 0.494 e. The Balaban J connectivity index is 2.08. The van der Waals surface area contributed by atoms with Gasteiger partial charge in [0.15, 0.2) is 0 Å². The van der Waals surface area contributed by atoms with Gasteiger partial charge in [-0.1, -0.05) is 19.9 Å². The van der Waals surface area contributed by atoms with Crippen LogP contribution in [-0.2, 0) is 0 Å². The summed E-state index contributed by atoms with van der Waals surface area (Å²) in [6.07, 6.45) is 5.67. The minimum atomic E-state index is 0.335. The molecule has 1 aromatic carbocycles. The minimum Gasteiger partial charge on any atom is -0.494 e. The molecule has 0 unspecified atom stereocenters. The molecular weight excluding hydrogens is 210 g/mol. The number of nitrogens with zero attached hydrogens (tertiary/aromatic N) is 1. The number of hydrogen-bond acceptors (Lipinski definition) is 2. The number of hydrogen-bond donors (Lipinski definition) is 0. The lowest BCUT2D eigenvalue weighted by Crippen LogP contribution is -2.27. The summed E-state index contributed by atoms with van der Waals surface area (Å²) in [5.41, 5.74) is 1.57. The van der Waals surface area contributed by atoms with Gasteiger partial charge in [-0.2, -0.15) is 0 Å². The molecule has 0 bridgehead atoms. The Morgan fingerprint density at radius 2 is 1.94 bits per heavy atom. The summed E-state index contributed by atoms with van der Waals surface area (Å²) in [6, 6.07) is 8.31. The van der Waals surface area contributed by atoms with E-state index in [1.54, 1.807) is 0 Å². The Bertz CT molecular complexity index is 392. The second-order valence-electron chi connectivity index (χ2n) is 5.17. The van der Waals surface area contributed by atoms with Gasteiger partial charge in [0, 0.05) is 18.4 Å². The second kappa shape index (κ2) is 4.82. The molecule has 1 heterocycles. The topological polar surface area (TPSA) is 12.5 Å². The van der Waals surface area contributed by atoms with E-state index in [1.165, 1.54) is 12.1 Å². The summed E-state index contributed by atoms with van der Waals surface area (Å²) >= 11 is 0. The molecule has 1 aliphatic heterocycles. The first-order valence-electron chi connectivity index (χ1n) is 6.29. The maximum absolute atomic E-state index is 5.44. The number of rotatable bonds is 3. The van der Waals surface area contributed by atoms with Crippen molar-refractivity contribution in [2.24, 2.45) is 5.41 Å². The van der Waals surface area contributed by atoms with Crippen LogP contribution in [0, 0.1) is 5.41 Å². The Kier molecular flexibility index (Phi) is 3.41. The predicted molar refractivity (Wildman–Crippen MR) is 72.5 cm³/mol. The molecule has 17 heavy (non-hydrogen) atoms. The van der Waals surface area contributed by atoms with Crippen LogP contribution in [0.1, 0.15) is 27.2 Å². The molecule has 92 valence electrons. The zero-order chi connectivity index (χ0) is 12.3. The molecular formula is C15H21NO. The summed E-state index contributed by atoms with van der Waals surface area (Å²) in [4.78, 5) is 2.29. The van der Waals surface area contributed by atoms with E-state index in [0.717, 1.165) is 18.9 Å². The standard InChI is InChI=1S/C15H21NO/c1-4-17-14-7-5-13(6-8-14)16-11-9-15(2,3)10-12-16/h5-9,11H,4,10,12H2,1-3H3. The van der Waals surface area contributed by atoms with E-state index in [2.05, 4.69) is 43.2 Å². The van der Waals surface area contributed by atoms with Gasteiger partial charge in [0.2, 0.25) is 0 Å². The van der Waals surface area contributed by atoms with Crippen molar-refractivity contribution in [1.29, 1.82) is 0 Å². The van der Waals surface area contributed by atoms with Crippen LogP contribution in [0.2, 0.25) is 0 Å². The van der Waals surface area contributed by atoms with Gasteiger partial charge in [0.25, 0.3) is 0 Å². The third-order valence-electron chi connectivity index (χ3n) is 3.18. The molecule has 0 amide bonds. The van der Waals surface area contributed by atoms with Crippen LogP contribution in [-0.4, -0.2) is 13.2 Å². The highest BCUT2D eigenvalue weighted by atomic mass is 16.5. The van der Waals surface area contributed by atoms with Gasteiger partial charge in [0.1, 0.15) is 5.75 Å². The second-order valence-corrected chi connectivity index (χ2v) is 5.17. The van der Waals surface area contributed by atoms with Crippen molar-refractivity contribution >= 4 is 5.69 Å². The summed E-state index contributed by atoms with van der Waals surface area (Å²) in [6.45, 7) is 8.36. The molecule has 0 fully saturated rings. The van der Waals surface area contributed by atoms with Gasteiger partial charge in [0.05, 0.1) is 6.61 Å². The van der Waals surface area contributed by atoms with E-state index in [0.29, 0.717) is 5.41 Å². The lowest BCUT2D eigenvalue weighted by Gasteiger charge is -2.32. The Morgan fingerprint density at radius 3 is 2.47 bits per heavy atom. The van der Waals surface area contributed by atoms with Crippen molar-refractivity contribution in [2.45, 2.75) is 27.2 Å². The third-order valence-corrected chi connectivity index (χ3v) is 3.18. The van der Waals surface area contributed by atoms with Gasteiger partial charge >= 0.3 is 0 Å². The van der Waals surface area contributed by atoms with E-state index < -0.39 is 0 Å². The first kappa shape index (κ1) is 12.0. The quantitative estimate of drug-likeness (QED) is 0.783. The maximum atomic E-state index is 5.44. The van der Waals surface area contributed by atoms with Crippen LogP contribution in [0.5, 0.6) is 5.75 Å². The SMILES string of the molecule is CCOc1ccc(N2C=CC(C)(C)CC2)cc1. The molecule has 0 saturated heterocycles. The molecule has 0 radical (unpaired) electrons. The molecule has 2 nitrogen and oxygen atoms in total. The van der Waals surface area contributed by atoms with Gasteiger partial charge in [-0.05, 0) is 43.0 Å². The van der Waals surface area contributed by atoms with Crippen molar-refractivity contribution in [2.75, 3.05) is 18.1 Å². The molecule has 1 aromatic rings. The number of anilines is 1.